The second kappa shape index (κ2) is 6.55. The van der Waals surface area contributed by atoms with Gasteiger partial charge in [0.1, 0.15) is 0 Å². The first-order valence-corrected chi connectivity index (χ1v) is 8.59. The largest absolute Gasteiger partial charge is 0.269 e. The molecule has 0 amide bonds. The van der Waals surface area contributed by atoms with E-state index in [-0.39, 0.29) is 10.6 Å². The minimum absolute atomic E-state index is 0.0120. The maximum absolute atomic E-state index is 12.3. The number of rotatable bonds is 5. The lowest BCUT2D eigenvalue weighted by atomic mass is 10.1. The summed E-state index contributed by atoms with van der Waals surface area (Å²) in [7, 11) is -3.74. The lowest BCUT2D eigenvalue weighted by Gasteiger charge is -2.14. The van der Waals surface area contributed by atoms with Gasteiger partial charge in [-0.25, -0.2) is 13.1 Å². The molecule has 0 bridgehead atoms. The van der Waals surface area contributed by atoms with Crippen molar-refractivity contribution in [1.82, 2.24) is 4.72 Å². The summed E-state index contributed by atoms with van der Waals surface area (Å²) in [6, 6.07) is 11.6. The monoisotopic (exact) mass is 384 g/mol. The van der Waals surface area contributed by atoms with Gasteiger partial charge < -0.3 is 0 Å². The topological polar surface area (TPSA) is 89.3 Å². The van der Waals surface area contributed by atoms with Crippen molar-refractivity contribution >= 4 is 31.6 Å². The Morgan fingerprint density at radius 2 is 1.64 bits per heavy atom. The van der Waals surface area contributed by atoms with Crippen molar-refractivity contribution in [3.63, 3.8) is 0 Å². The molecule has 1 N–H and O–H groups in total. The third kappa shape index (κ3) is 3.90. The molecule has 0 saturated carbocycles. The Labute approximate surface area is 136 Å². The Bertz CT molecular complexity index is 773. The zero-order chi connectivity index (χ0) is 16.3. The first-order valence-electron chi connectivity index (χ1n) is 6.32. The van der Waals surface area contributed by atoms with E-state index < -0.39 is 21.0 Å². The van der Waals surface area contributed by atoms with Gasteiger partial charge in [-0.1, -0.05) is 28.1 Å². The van der Waals surface area contributed by atoms with Crippen molar-refractivity contribution < 1.29 is 13.3 Å². The number of hydrogen-bond acceptors (Lipinski definition) is 4. The minimum atomic E-state index is -3.74. The number of benzene rings is 2. The van der Waals surface area contributed by atoms with E-state index in [0.717, 1.165) is 10.0 Å². The van der Waals surface area contributed by atoms with Crippen molar-refractivity contribution in [3.8, 4) is 0 Å². The molecule has 0 aliphatic carbocycles. The van der Waals surface area contributed by atoms with Crippen molar-refractivity contribution in [1.29, 1.82) is 0 Å². The average molecular weight is 385 g/mol. The van der Waals surface area contributed by atoms with Crippen molar-refractivity contribution in [3.05, 3.63) is 68.7 Å². The van der Waals surface area contributed by atoms with Crippen molar-refractivity contribution in [2.24, 2.45) is 0 Å². The molecule has 2 aromatic rings. The predicted molar refractivity (Wildman–Crippen MR) is 86.0 cm³/mol. The number of nitrogens with one attached hydrogen (secondary N) is 1. The normalized spacial score (nSPS) is 12.8. The van der Waals surface area contributed by atoms with Crippen LogP contribution in [0.1, 0.15) is 18.5 Å². The van der Waals surface area contributed by atoms with Gasteiger partial charge in [-0.05, 0) is 36.8 Å². The summed E-state index contributed by atoms with van der Waals surface area (Å²) < 4.78 is 28.0. The number of non-ortho nitro benzene ring substituents is 1. The first kappa shape index (κ1) is 16.6. The van der Waals surface area contributed by atoms with Gasteiger partial charge in [0.25, 0.3) is 5.69 Å². The molecule has 22 heavy (non-hydrogen) atoms. The summed E-state index contributed by atoms with van der Waals surface area (Å²) in [5.41, 5.74) is 0.661. The highest BCUT2D eigenvalue weighted by atomic mass is 79.9. The molecule has 116 valence electrons. The molecule has 8 heteroatoms. The molecule has 0 aliphatic rings. The van der Waals surface area contributed by atoms with Gasteiger partial charge in [-0.15, -0.1) is 0 Å². The minimum Gasteiger partial charge on any atom is -0.258 e. The number of nitrogens with zero attached hydrogens (tertiary/aromatic N) is 1. The Hall–Kier alpha value is -1.77. The summed E-state index contributed by atoms with van der Waals surface area (Å²) in [5.74, 6) is 0. The molecule has 0 spiro atoms. The average Bonchev–Trinajstić information content (AvgIpc) is 2.47. The van der Waals surface area contributed by atoms with E-state index in [4.69, 9.17) is 0 Å². The van der Waals surface area contributed by atoms with Gasteiger partial charge in [-0.2, -0.15) is 0 Å². The quantitative estimate of drug-likeness (QED) is 0.631. The van der Waals surface area contributed by atoms with E-state index in [0.29, 0.717) is 0 Å². The van der Waals surface area contributed by atoms with Crippen LogP contribution in [0.4, 0.5) is 5.69 Å². The Kier molecular flexibility index (Phi) is 4.94. The highest BCUT2D eigenvalue weighted by Gasteiger charge is 2.19. The fourth-order valence-electron chi connectivity index (χ4n) is 1.87. The van der Waals surface area contributed by atoms with Crippen LogP contribution in [0.2, 0.25) is 0 Å². The van der Waals surface area contributed by atoms with Gasteiger partial charge in [0.05, 0.1) is 9.82 Å². The van der Waals surface area contributed by atoms with Gasteiger partial charge in [0, 0.05) is 22.6 Å². The van der Waals surface area contributed by atoms with Crippen LogP contribution in [0.5, 0.6) is 0 Å². The first-order chi connectivity index (χ1) is 10.3. The van der Waals surface area contributed by atoms with E-state index in [9.17, 15) is 18.5 Å². The van der Waals surface area contributed by atoms with Crippen LogP contribution in [0.25, 0.3) is 0 Å². The number of nitro groups is 1. The highest BCUT2D eigenvalue weighted by molar-refractivity contribution is 9.10. The number of halogens is 1. The van der Waals surface area contributed by atoms with E-state index in [1.807, 2.05) is 24.3 Å². The number of sulfonamides is 1. The van der Waals surface area contributed by atoms with E-state index >= 15 is 0 Å². The fourth-order valence-corrected chi connectivity index (χ4v) is 3.36. The van der Waals surface area contributed by atoms with Crippen LogP contribution in [-0.2, 0) is 10.0 Å². The lowest BCUT2D eigenvalue weighted by Crippen LogP contribution is -2.26. The summed E-state index contributed by atoms with van der Waals surface area (Å²) in [5, 5.41) is 10.6. The molecule has 0 unspecified atom stereocenters. The maximum atomic E-state index is 12.3. The molecule has 0 heterocycles. The third-order valence-electron chi connectivity index (χ3n) is 3.06. The van der Waals surface area contributed by atoms with Gasteiger partial charge in [0.2, 0.25) is 10.0 Å². The fraction of sp³-hybridized carbons (Fsp3) is 0.143. The third-order valence-corrected chi connectivity index (χ3v) is 5.15. The van der Waals surface area contributed by atoms with Crippen LogP contribution in [0.3, 0.4) is 0 Å². The number of hydrogen-bond donors (Lipinski definition) is 1. The van der Waals surface area contributed by atoms with Gasteiger partial charge in [0.15, 0.2) is 0 Å². The van der Waals surface area contributed by atoms with E-state index in [1.54, 1.807) is 6.92 Å². The van der Waals surface area contributed by atoms with Crippen LogP contribution < -0.4 is 4.72 Å². The lowest BCUT2D eigenvalue weighted by molar-refractivity contribution is -0.384. The molecule has 2 rings (SSSR count). The molecular formula is C14H13BrN2O4S. The Morgan fingerprint density at radius 1 is 1.09 bits per heavy atom. The zero-order valence-electron chi connectivity index (χ0n) is 11.6. The Balaban J connectivity index is 2.19. The van der Waals surface area contributed by atoms with Crippen LogP contribution >= 0.6 is 15.9 Å². The smallest absolute Gasteiger partial charge is 0.258 e. The van der Waals surface area contributed by atoms with Crippen LogP contribution in [0.15, 0.2) is 57.9 Å². The molecule has 1 atom stereocenters. The van der Waals surface area contributed by atoms with E-state index in [2.05, 4.69) is 20.7 Å². The second-order valence-corrected chi connectivity index (χ2v) is 7.28. The highest BCUT2D eigenvalue weighted by Crippen LogP contribution is 2.20. The molecule has 6 nitrogen and oxygen atoms in total. The maximum Gasteiger partial charge on any atom is 0.269 e. The van der Waals surface area contributed by atoms with Crippen LogP contribution in [0, 0.1) is 10.1 Å². The second-order valence-electron chi connectivity index (χ2n) is 4.65. The zero-order valence-corrected chi connectivity index (χ0v) is 14.0. The number of nitro benzene ring substituents is 1. The summed E-state index contributed by atoms with van der Waals surface area (Å²) in [6.45, 7) is 1.73. The molecule has 0 saturated heterocycles. The Morgan fingerprint density at radius 3 is 2.14 bits per heavy atom. The molecule has 0 aromatic heterocycles. The van der Waals surface area contributed by atoms with Crippen molar-refractivity contribution in [2.75, 3.05) is 0 Å². The molecule has 0 aliphatic heterocycles. The van der Waals surface area contributed by atoms with E-state index in [1.165, 1.54) is 24.3 Å². The standard InChI is InChI=1S/C14H13BrN2O4S/c1-10(11-2-4-12(15)5-3-11)16-22(20,21)14-8-6-13(7-9-14)17(18)19/h2-10,16H,1H3/t10-/m0/s1. The summed E-state index contributed by atoms with van der Waals surface area (Å²) in [6.07, 6.45) is 0. The predicted octanol–water partition coefficient (Wildman–Crippen LogP) is 3.40. The summed E-state index contributed by atoms with van der Waals surface area (Å²) >= 11 is 3.32. The molecule has 0 radical (unpaired) electrons. The summed E-state index contributed by atoms with van der Waals surface area (Å²) in [4.78, 5) is 10.0. The molecular weight excluding hydrogens is 372 g/mol. The van der Waals surface area contributed by atoms with Crippen molar-refractivity contribution in [2.45, 2.75) is 17.9 Å². The van der Waals surface area contributed by atoms with Gasteiger partial charge in [-0.3, -0.25) is 10.1 Å². The van der Waals surface area contributed by atoms with Crippen LogP contribution in [-0.4, -0.2) is 13.3 Å². The molecule has 2 aromatic carbocycles. The SMILES string of the molecule is C[C@H](NS(=O)(=O)c1ccc([N+](=O)[O-])cc1)c1ccc(Br)cc1. The van der Waals surface area contributed by atoms with Gasteiger partial charge >= 0.3 is 0 Å². The molecule has 0 fully saturated rings.